The van der Waals surface area contributed by atoms with Crippen molar-refractivity contribution >= 4 is 38.4 Å². The van der Waals surface area contributed by atoms with Gasteiger partial charge in [0.25, 0.3) is 0 Å². The molecular formula is C26H28N2O4P2. The van der Waals surface area contributed by atoms with E-state index in [0.29, 0.717) is 40.7 Å². The normalized spacial score (nSPS) is 10.7. The number of hydrogen-bond donors (Lipinski definition) is 0. The molecule has 8 heteroatoms. The maximum atomic E-state index is 5.15. The molecule has 0 aliphatic carbocycles. The van der Waals surface area contributed by atoms with E-state index >= 15 is 0 Å². The lowest BCUT2D eigenvalue weighted by molar-refractivity contribution is 0.365. The largest absolute Gasteiger partial charge is 0.481 e. The summed E-state index contributed by atoms with van der Waals surface area (Å²) in [5, 5.41) is 4.87. The quantitative estimate of drug-likeness (QED) is 0.350. The Kier molecular flexibility index (Phi) is 10.1. The predicted octanol–water partition coefficient (Wildman–Crippen LogP) is 3.46. The SMILES string of the molecule is COc1cc(Pc2ccccc2)cc(OC)n1.COc1cc(Pc2ccccc2)cc(OC)n1. The summed E-state index contributed by atoms with van der Waals surface area (Å²) in [6.45, 7) is 0. The van der Waals surface area contributed by atoms with Crippen molar-refractivity contribution in [2.75, 3.05) is 28.4 Å². The Labute approximate surface area is 204 Å². The summed E-state index contributed by atoms with van der Waals surface area (Å²) in [6, 6.07) is 28.4. The maximum absolute atomic E-state index is 5.15. The Balaban J connectivity index is 0.000000191. The fraction of sp³-hybridized carbons (Fsp3) is 0.154. The van der Waals surface area contributed by atoms with Crippen LogP contribution in [-0.2, 0) is 0 Å². The molecule has 6 nitrogen and oxygen atoms in total. The molecule has 2 unspecified atom stereocenters. The van der Waals surface area contributed by atoms with Crippen LogP contribution in [0, 0.1) is 0 Å². The first-order chi connectivity index (χ1) is 16.6. The molecule has 0 spiro atoms. The zero-order valence-electron chi connectivity index (χ0n) is 19.6. The van der Waals surface area contributed by atoms with Crippen LogP contribution in [0.15, 0.2) is 84.9 Å². The smallest absolute Gasteiger partial charge is 0.216 e. The maximum Gasteiger partial charge on any atom is 0.216 e. The predicted molar refractivity (Wildman–Crippen MR) is 143 cm³/mol. The van der Waals surface area contributed by atoms with Crippen LogP contribution in [0.5, 0.6) is 23.5 Å². The van der Waals surface area contributed by atoms with E-state index in [4.69, 9.17) is 18.9 Å². The second-order valence-corrected chi connectivity index (χ2v) is 9.67. The topological polar surface area (TPSA) is 62.7 Å². The fourth-order valence-electron chi connectivity index (χ4n) is 2.90. The van der Waals surface area contributed by atoms with Crippen LogP contribution < -0.4 is 40.2 Å². The molecule has 0 radical (unpaired) electrons. The number of pyridine rings is 2. The monoisotopic (exact) mass is 494 g/mol. The highest BCUT2D eigenvalue weighted by Gasteiger charge is 2.05. The lowest BCUT2D eigenvalue weighted by Crippen LogP contribution is -2.06. The fourth-order valence-corrected chi connectivity index (χ4v) is 5.07. The summed E-state index contributed by atoms with van der Waals surface area (Å²) in [7, 11) is 7.58. The zero-order chi connectivity index (χ0) is 24.2. The van der Waals surface area contributed by atoms with Gasteiger partial charge in [0.05, 0.1) is 28.4 Å². The minimum atomic E-state index is 0.576. The molecule has 0 saturated heterocycles. The van der Waals surface area contributed by atoms with E-state index in [2.05, 4.69) is 34.2 Å². The molecule has 34 heavy (non-hydrogen) atoms. The second kappa shape index (κ2) is 13.5. The third kappa shape index (κ3) is 7.98. The molecule has 4 rings (SSSR count). The van der Waals surface area contributed by atoms with E-state index in [0.717, 1.165) is 10.6 Å². The van der Waals surface area contributed by atoms with Gasteiger partial charge in [0.2, 0.25) is 23.5 Å². The first kappa shape index (κ1) is 25.4. The van der Waals surface area contributed by atoms with E-state index < -0.39 is 0 Å². The number of methoxy groups -OCH3 is 4. The Morgan fingerprint density at radius 1 is 0.441 bits per heavy atom. The molecular weight excluding hydrogens is 466 g/mol. The minimum Gasteiger partial charge on any atom is -0.481 e. The van der Waals surface area contributed by atoms with Gasteiger partial charge in [-0.05, 0) is 21.2 Å². The summed E-state index contributed by atoms with van der Waals surface area (Å²) >= 11 is 0. The molecule has 0 aliphatic heterocycles. The van der Waals surface area contributed by atoms with Crippen molar-refractivity contribution in [3.05, 3.63) is 84.9 Å². The highest BCUT2D eigenvalue weighted by molar-refractivity contribution is 7.55. The molecule has 0 bridgehead atoms. The third-order valence-electron chi connectivity index (χ3n) is 4.52. The van der Waals surface area contributed by atoms with Crippen molar-refractivity contribution in [1.29, 1.82) is 0 Å². The number of ether oxygens (including phenoxy) is 4. The van der Waals surface area contributed by atoms with Gasteiger partial charge in [-0.2, -0.15) is 9.97 Å². The van der Waals surface area contributed by atoms with Gasteiger partial charge in [-0.3, -0.25) is 0 Å². The Hall–Kier alpha value is -3.20. The van der Waals surface area contributed by atoms with Crippen LogP contribution >= 0.6 is 17.2 Å². The molecule has 2 aromatic carbocycles. The van der Waals surface area contributed by atoms with Crippen molar-refractivity contribution in [2.45, 2.75) is 0 Å². The van der Waals surface area contributed by atoms with Gasteiger partial charge in [0, 0.05) is 24.3 Å². The van der Waals surface area contributed by atoms with Crippen molar-refractivity contribution in [2.24, 2.45) is 0 Å². The van der Waals surface area contributed by atoms with E-state index in [1.54, 1.807) is 28.4 Å². The summed E-state index contributed by atoms with van der Waals surface area (Å²) in [5.74, 6) is 2.34. The molecule has 0 amide bonds. The molecule has 2 heterocycles. The number of benzene rings is 2. The average Bonchev–Trinajstić information content (AvgIpc) is 2.89. The summed E-state index contributed by atoms with van der Waals surface area (Å²) in [4.78, 5) is 8.34. The third-order valence-corrected chi connectivity index (χ3v) is 6.92. The van der Waals surface area contributed by atoms with Gasteiger partial charge in [0.1, 0.15) is 0 Å². The summed E-state index contributed by atoms with van der Waals surface area (Å²) in [5.41, 5.74) is 0. The lowest BCUT2D eigenvalue weighted by Gasteiger charge is -2.07. The van der Waals surface area contributed by atoms with Gasteiger partial charge < -0.3 is 18.9 Å². The van der Waals surface area contributed by atoms with Crippen LogP contribution in [0.1, 0.15) is 0 Å². The van der Waals surface area contributed by atoms with Crippen molar-refractivity contribution in [1.82, 2.24) is 9.97 Å². The van der Waals surface area contributed by atoms with Crippen LogP contribution in [-0.4, -0.2) is 38.4 Å². The second-order valence-electron chi connectivity index (χ2n) is 6.86. The highest BCUT2D eigenvalue weighted by atomic mass is 31.1. The van der Waals surface area contributed by atoms with Gasteiger partial charge in [-0.25, -0.2) is 0 Å². The molecule has 4 aromatic rings. The van der Waals surface area contributed by atoms with Gasteiger partial charge >= 0.3 is 0 Å². The van der Waals surface area contributed by atoms with E-state index in [1.165, 1.54) is 10.6 Å². The number of rotatable bonds is 8. The molecule has 176 valence electrons. The van der Waals surface area contributed by atoms with Gasteiger partial charge in [-0.15, -0.1) is 0 Å². The zero-order valence-corrected chi connectivity index (χ0v) is 21.6. The Bertz CT molecular complexity index is 1020. The van der Waals surface area contributed by atoms with Crippen molar-refractivity contribution in [3.8, 4) is 23.5 Å². The average molecular weight is 494 g/mol. The molecule has 0 aliphatic rings. The molecule has 2 aromatic heterocycles. The number of aromatic nitrogens is 2. The first-order valence-corrected chi connectivity index (χ1v) is 12.5. The summed E-state index contributed by atoms with van der Waals surface area (Å²) in [6.07, 6.45) is 0. The molecule has 2 atom stereocenters. The molecule has 0 saturated carbocycles. The van der Waals surface area contributed by atoms with Crippen molar-refractivity contribution < 1.29 is 18.9 Å². The molecule has 0 fully saturated rings. The first-order valence-electron chi connectivity index (χ1n) is 10.5. The summed E-state index contributed by atoms with van der Waals surface area (Å²) < 4.78 is 20.6. The van der Waals surface area contributed by atoms with E-state index in [9.17, 15) is 0 Å². The van der Waals surface area contributed by atoms with Crippen LogP contribution in [0.4, 0.5) is 0 Å². The van der Waals surface area contributed by atoms with Crippen LogP contribution in [0.3, 0.4) is 0 Å². The lowest BCUT2D eigenvalue weighted by atomic mass is 10.4. The highest BCUT2D eigenvalue weighted by Crippen LogP contribution is 2.19. The number of nitrogens with zero attached hydrogens (tertiary/aromatic N) is 2. The van der Waals surface area contributed by atoms with Crippen molar-refractivity contribution in [3.63, 3.8) is 0 Å². The Morgan fingerprint density at radius 2 is 0.735 bits per heavy atom. The van der Waals surface area contributed by atoms with E-state index in [1.807, 2.05) is 60.7 Å². The van der Waals surface area contributed by atoms with Crippen LogP contribution in [0.25, 0.3) is 0 Å². The molecule has 0 N–H and O–H groups in total. The Morgan fingerprint density at radius 3 is 1.00 bits per heavy atom. The standard InChI is InChI=1S/2C13H14NO2P/c2*1-15-12-8-11(9-13(14-12)16-2)17-10-6-4-3-5-7-10/h2*3-9,17H,1-2H3. The van der Waals surface area contributed by atoms with Gasteiger partial charge in [-0.1, -0.05) is 77.8 Å². The van der Waals surface area contributed by atoms with Gasteiger partial charge in [0.15, 0.2) is 0 Å². The van der Waals surface area contributed by atoms with E-state index in [-0.39, 0.29) is 0 Å². The number of hydrogen-bond acceptors (Lipinski definition) is 6. The van der Waals surface area contributed by atoms with Crippen LogP contribution in [0.2, 0.25) is 0 Å². The minimum absolute atomic E-state index is 0.576.